The molecule has 1 aliphatic rings. The van der Waals surface area contributed by atoms with Gasteiger partial charge in [-0.1, -0.05) is 18.2 Å². The minimum absolute atomic E-state index is 0.359. The third-order valence-corrected chi connectivity index (χ3v) is 4.73. The van der Waals surface area contributed by atoms with Crippen molar-refractivity contribution in [3.05, 3.63) is 47.3 Å². The molecule has 0 aliphatic carbocycles. The summed E-state index contributed by atoms with van der Waals surface area (Å²) >= 11 is 0. The number of pyridine rings is 1. The van der Waals surface area contributed by atoms with Gasteiger partial charge in [0.1, 0.15) is 22.5 Å². The number of aryl methyl sites for hydroxylation is 1. The summed E-state index contributed by atoms with van der Waals surface area (Å²) in [6, 6.07) is 10.0. The van der Waals surface area contributed by atoms with Crippen LogP contribution in [0.25, 0.3) is 27.9 Å². The quantitative estimate of drug-likeness (QED) is 0.287. The number of para-hydroxylation sites is 1. The average Bonchev–Trinajstić information content (AvgIpc) is 2.65. The van der Waals surface area contributed by atoms with Gasteiger partial charge in [0, 0.05) is 24.1 Å². The van der Waals surface area contributed by atoms with Crippen molar-refractivity contribution >= 4 is 27.9 Å². The second-order valence-corrected chi connectivity index (χ2v) is 7.99. The van der Waals surface area contributed by atoms with Crippen LogP contribution in [0, 0.1) is 10.2 Å². The van der Waals surface area contributed by atoms with Crippen molar-refractivity contribution in [3.8, 4) is 11.5 Å². The van der Waals surface area contributed by atoms with E-state index in [1.807, 2.05) is 45.2 Å². The van der Waals surface area contributed by atoms with Crippen LogP contribution in [-0.4, -0.2) is 21.9 Å². The summed E-state index contributed by atoms with van der Waals surface area (Å²) < 4.78 is 46.7. The predicted octanol–water partition coefficient (Wildman–Crippen LogP) is -0.825. The number of fused-ring (bicyclic) bond motifs is 4. The van der Waals surface area contributed by atoms with Crippen LogP contribution < -0.4 is 34.7 Å². The fourth-order valence-electron chi connectivity index (χ4n) is 3.58. The van der Waals surface area contributed by atoms with Gasteiger partial charge in [0.25, 0.3) is 0 Å². The lowest BCUT2D eigenvalue weighted by molar-refractivity contribution is -1.92. The van der Waals surface area contributed by atoms with Crippen molar-refractivity contribution in [2.75, 3.05) is 7.11 Å². The Hall–Kier alpha value is -2.82. The molecular weight excluding hydrogens is 414 g/mol. The van der Waals surface area contributed by atoms with Gasteiger partial charge in [-0.15, -0.1) is 0 Å². The molecule has 2 aromatic carbocycles. The number of halogens is 1. The molecule has 30 heavy (non-hydrogen) atoms. The monoisotopic (exact) mass is 435 g/mol. The van der Waals surface area contributed by atoms with E-state index in [4.69, 9.17) is 34.0 Å². The zero-order chi connectivity index (χ0) is 22.3. The number of nitrogens with zero attached hydrogens (tertiary/aromatic N) is 2. The van der Waals surface area contributed by atoms with Crippen LogP contribution in [0.2, 0.25) is 0 Å². The minimum Gasteiger partial charge on any atom is -0.496 e. The van der Waals surface area contributed by atoms with Crippen LogP contribution in [0.15, 0.2) is 41.5 Å². The van der Waals surface area contributed by atoms with Gasteiger partial charge >= 0.3 is 0 Å². The van der Waals surface area contributed by atoms with Gasteiger partial charge in [0.2, 0.25) is 0 Å². The molecule has 0 amide bonds. The molecule has 1 aliphatic heterocycles. The smallest absolute Gasteiger partial charge is 0.134 e. The van der Waals surface area contributed by atoms with Gasteiger partial charge in [0.05, 0.1) is 38.4 Å². The zero-order valence-electron chi connectivity index (χ0n) is 16.9. The van der Waals surface area contributed by atoms with E-state index in [-0.39, 0.29) is 5.60 Å². The zero-order valence-corrected chi connectivity index (χ0v) is 17.6. The van der Waals surface area contributed by atoms with E-state index in [9.17, 15) is 0 Å². The summed E-state index contributed by atoms with van der Waals surface area (Å²) in [7, 11) is -1.00. The van der Waals surface area contributed by atoms with Crippen molar-refractivity contribution in [2.45, 2.75) is 19.4 Å². The van der Waals surface area contributed by atoms with Crippen LogP contribution in [0.1, 0.15) is 19.4 Å². The summed E-state index contributed by atoms with van der Waals surface area (Å²) in [6.45, 7) is 4.06. The average molecular weight is 436 g/mol. The first-order valence-electron chi connectivity index (χ1n) is 8.84. The van der Waals surface area contributed by atoms with E-state index in [1.165, 1.54) is 0 Å². The van der Waals surface area contributed by atoms with Crippen LogP contribution in [0.5, 0.6) is 11.5 Å². The standard InChI is InChI=1S/C20H21N3O2.ClHO4/c1-20(2)10-9-13-15(25-20)11-16(24-4)17-18(22-21)12-7-5-6-8-14(12)23(3)19(13)17;2-1(3,4)5/h5-11H,21H2,1-4H3;(H,2,3,4,5)/b22-18+;. The summed E-state index contributed by atoms with van der Waals surface area (Å²) in [5, 5.41) is 6.69. The number of benzene rings is 2. The second-order valence-electron chi connectivity index (χ2n) is 7.20. The number of aromatic nitrogens is 1. The third-order valence-electron chi connectivity index (χ3n) is 4.73. The lowest BCUT2D eigenvalue weighted by atomic mass is 9.98. The Morgan fingerprint density at radius 1 is 1.23 bits per heavy atom. The lowest BCUT2D eigenvalue weighted by Crippen LogP contribution is -2.58. The number of rotatable bonds is 1. The Morgan fingerprint density at radius 3 is 2.47 bits per heavy atom. The molecule has 1 aromatic heterocycles. The first kappa shape index (κ1) is 21.9. The van der Waals surface area contributed by atoms with Crippen molar-refractivity contribution in [1.29, 1.82) is 0 Å². The Balaban J connectivity index is 0.000000461. The topological polar surface area (TPSA) is 151 Å². The van der Waals surface area contributed by atoms with E-state index in [2.05, 4.69) is 27.9 Å². The Kier molecular flexibility index (Phi) is 5.68. The summed E-state index contributed by atoms with van der Waals surface area (Å²) in [5.41, 5.74) is 2.69. The number of hydrogen-bond donors (Lipinski definition) is 2. The predicted molar refractivity (Wildman–Crippen MR) is 103 cm³/mol. The maximum atomic E-state index is 8.60. The van der Waals surface area contributed by atoms with Crippen LogP contribution in [0.3, 0.4) is 0 Å². The highest BCUT2D eigenvalue weighted by molar-refractivity contribution is 6.02. The fourth-order valence-corrected chi connectivity index (χ4v) is 3.58. The molecule has 0 bridgehead atoms. The number of hydrogen-bond acceptors (Lipinski definition) is 8. The molecule has 3 N–H and O–H groups in total. The Morgan fingerprint density at radius 2 is 1.87 bits per heavy atom. The van der Waals surface area contributed by atoms with Gasteiger partial charge < -0.3 is 19.9 Å². The molecule has 0 unspecified atom stereocenters. The van der Waals surface area contributed by atoms with E-state index < -0.39 is 10.2 Å². The highest BCUT2D eigenvalue weighted by atomic mass is 35.7. The van der Waals surface area contributed by atoms with Crippen LogP contribution in [-0.2, 0) is 7.05 Å². The first-order chi connectivity index (χ1) is 14.0. The molecule has 0 atom stereocenters. The van der Waals surface area contributed by atoms with Gasteiger partial charge in [-0.3, -0.25) is 0 Å². The molecule has 0 spiro atoms. The van der Waals surface area contributed by atoms with Gasteiger partial charge in [-0.25, -0.2) is 0 Å². The molecule has 0 fully saturated rings. The number of ether oxygens (including phenoxy) is 2. The summed E-state index contributed by atoms with van der Waals surface area (Å²) in [5.74, 6) is 7.28. The maximum Gasteiger partial charge on any atom is 0.134 e. The summed E-state index contributed by atoms with van der Waals surface area (Å²) in [4.78, 5) is 0. The molecule has 0 radical (unpaired) electrons. The first-order valence-corrected chi connectivity index (χ1v) is 10.1. The molecule has 3 aromatic rings. The second kappa shape index (κ2) is 7.78. The molecular formula is C20H22ClN3O6. The molecule has 10 heteroatoms. The Bertz CT molecular complexity index is 1210. The van der Waals surface area contributed by atoms with Gasteiger partial charge in [-0.2, -0.15) is 19.1 Å². The van der Waals surface area contributed by atoms with Crippen molar-refractivity contribution in [2.24, 2.45) is 18.0 Å². The van der Waals surface area contributed by atoms with E-state index in [0.717, 1.165) is 38.5 Å². The van der Waals surface area contributed by atoms with E-state index >= 15 is 0 Å². The molecule has 2 heterocycles. The molecule has 9 nitrogen and oxygen atoms in total. The van der Waals surface area contributed by atoms with Crippen molar-refractivity contribution < 1.29 is 38.4 Å². The maximum absolute atomic E-state index is 8.60. The number of nitrogens with two attached hydrogens (primary N) is 1. The SMILES string of the molecule is COc1cc2c(c3c1/c(=N/N)c1ccccc1n3C)C=CC(C)(C)O2.[O-][Cl+3]([O-])([O-])O. The lowest BCUT2D eigenvalue weighted by Gasteiger charge is -2.29. The van der Waals surface area contributed by atoms with Crippen molar-refractivity contribution in [3.63, 3.8) is 0 Å². The molecule has 4 rings (SSSR count). The minimum atomic E-state index is -4.69. The van der Waals surface area contributed by atoms with Gasteiger partial charge in [-0.05, 0) is 32.1 Å². The van der Waals surface area contributed by atoms with E-state index in [1.54, 1.807) is 7.11 Å². The molecule has 0 saturated heterocycles. The van der Waals surface area contributed by atoms with Crippen molar-refractivity contribution in [1.82, 2.24) is 4.57 Å². The van der Waals surface area contributed by atoms with Gasteiger partial charge in [0.15, 0.2) is 0 Å². The normalized spacial score (nSPS) is 15.4. The van der Waals surface area contributed by atoms with Crippen LogP contribution in [0.4, 0.5) is 0 Å². The Labute approximate surface area is 174 Å². The van der Waals surface area contributed by atoms with Crippen LogP contribution >= 0.6 is 0 Å². The highest BCUT2D eigenvalue weighted by Gasteiger charge is 2.26. The summed E-state index contributed by atoms with van der Waals surface area (Å²) in [6.07, 6.45) is 4.17. The number of methoxy groups -OCH3 is 1. The molecule has 160 valence electrons. The fraction of sp³-hybridized carbons (Fsp3) is 0.250. The highest BCUT2D eigenvalue weighted by Crippen LogP contribution is 2.40. The van der Waals surface area contributed by atoms with E-state index in [0.29, 0.717) is 5.75 Å². The largest absolute Gasteiger partial charge is 0.496 e. The third kappa shape index (κ3) is 4.20. The molecule has 0 saturated carbocycles.